The molecule has 0 radical (unpaired) electrons. The molecule has 12 rings (SSSR count). The van der Waals surface area contributed by atoms with Crippen LogP contribution < -0.4 is 0 Å². The Morgan fingerprint density at radius 2 is 1.11 bits per heavy atom. The van der Waals surface area contributed by atoms with Crippen molar-refractivity contribution in [3.8, 4) is 51.0 Å². The normalized spacial score (nSPS) is 16.0. The standard InChI is InChI=1S/C52H34N4O/c1-2-11-32(12-3-1)33-23-25-34(26-24-33)50-53-51(37-13-8-14-39(31-37)56-45-20-6-4-15-41(45)42-16-5-7-21-46(42)56)55-52(54-50)44-19-10-22-47-48(44)43-18-9-17-40(49(43)57-47)36-28-27-35-29-38(35)30-36/h1-28,30-31,35,38H,29H2. The summed E-state index contributed by atoms with van der Waals surface area (Å²) >= 11 is 0. The average Bonchev–Trinajstić information content (AvgIpc) is 3.84. The first-order chi connectivity index (χ1) is 28.2. The summed E-state index contributed by atoms with van der Waals surface area (Å²) in [5.41, 5.74) is 12.4. The number of para-hydroxylation sites is 3. The number of benzene rings is 7. The minimum atomic E-state index is 0.598. The summed E-state index contributed by atoms with van der Waals surface area (Å²) in [6.45, 7) is 0. The fourth-order valence-corrected chi connectivity index (χ4v) is 8.78. The van der Waals surface area contributed by atoms with Crippen molar-refractivity contribution >= 4 is 49.3 Å². The summed E-state index contributed by atoms with van der Waals surface area (Å²) in [7, 11) is 0. The summed E-state index contributed by atoms with van der Waals surface area (Å²) in [6.07, 6.45) is 8.26. The fourth-order valence-electron chi connectivity index (χ4n) is 8.78. The van der Waals surface area contributed by atoms with E-state index in [9.17, 15) is 0 Å². The minimum Gasteiger partial charge on any atom is -0.455 e. The van der Waals surface area contributed by atoms with Crippen LogP contribution in [0.4, 0.5) is 0 Å². The van der Waals surface area contributed by atoms with E-state index in [2.05, 4.69) is 168 Å². The number of rotatable bonds is 6. The number of nitrogens with zero attached hydrogens (tertiary/aromatic N) is 4. The van der Waals surface area contributed by atoms with E-state index >= 15 is 0 Å². The van der Waals surface area contributed by atoms with Crippen LogP contribution >= 0.6 is 0 Å². The van der Waals surface area contributed by atoms with Crippen molar-refractivity contribution in [1.29, 1.82) is 0 Å². The van der Waals surface area contributed by atoms with Gasteiger partial charge in [0, 0.05) is 49.5 Å². The molecule has 1 fully saturated rings. The fraction of sp³-hybridized carbons (Fsp3) is 0.0577. The van der Waals surface area contributed by atoms with E-state index in [1.54, 1.807) is 0 Å². The van der Waals surface area contributed by atoms with Crippen molar-refractivity contribution in [3.05, 3.63) is 188 Å². The predicted octanol–water partition coefficient (Wildman–Crippen LogP) is 13.1. The SMILES string of the molecule is C1=CC2CC2C=C1c1cccc2c1oc1cccc(-c3nc(-c4ccc(-c5ccccc5)cc4)nc(-c4cccc(-n5c6ccccc6c6ccccc65)c4)n3)c12. The largest absolute Gasteiger partial charge is 0.455 e. The Bertz CT molecular complexity index is 3230. The molecule has 0 bridgehead atoms. The number of furan rings is 1. The highest BCUT2D eigenvalue weighted by Crippen LogP contribution is 2.47. The summed E-state index contributed by atoms with van der Waals surface area (Å²) < 4.78 is 9.04. The zero-order chi connectivity index (χ0) is 37.5. The molecular weight excluding hydrogens is 697 g/mol. The van der Waals surface area contributed by atoms with E-state index in [0.717, 1.165) is 72.0 Å². The lowest BCUT2D eigenvalue weighted by Crippen LogP contribution is -2.01. The highest BCUT2D eigenvalue weighted by molar-refractivity contribution is 6.14. The van der Waals surface area contributed by atoms with Gasteiger partial charge >= 0.3 is 0 Å². The van der Waals surface area contributed by atoms with Crippen molar-refractivity contribution in [3.63, 3.8) is 0 Å². The van der Waals surface area contributed by atoms with Gasteiger partial charge in [-0.3, -0.25) is 0 Å². The lowest BCUT2D eigenvalue weighted by atomic mass is 9.97. The Morgan fingerprint density at radius 3 is 1.89 bits per heavy atom. The molecule has 1 saturated carbocycles. The van der Waals surface area contributed by atoms with E-state index in [1.807, 2.05) is 18.2 Å². The monoisotopic (exact) mass is 730 g/mol. The molecule has 3 heterocycles. The van der Waals surface area contributed by atoms with Gasteiger partial charge < -0.3 is 8.98 Å². The number of fused-ring (bicyclic) bond motifs is 7. The second-order valence-corrected chi connectivity index (χ2v) is 15.2. The first kappa shape index (κ1) is 31.9. The lowest BCUT2D eigenvalue weighted by Gasteiger charge is -2.12. The smallest absolute Gasteiger partial charge is 0.164 e. The summed E-state index contributed by atoms with van der Waals surface area (Å²) in [4.78, 5) is 15.7. The van der Waals surface area contributed by atoms with Gasteiger partial charge in [-0.1, -0.05) is 152 Å². The number of hydrogen-bond acceptors (Lipinski definition) is 4. The van der Waals surface area contributed by atoms with Crippen LogP contribution in [0.25, 0.3) is 100 Å². The van der Waals surface area contributed by atoms with E-state index in [-0.39, 0.29) is 0 Å². The molecule has 10 aromatic rings. The quantitative estimate of drug-likeness (QED) is 0.171. The molecule has 2 aliphatic rings. The molecule has 5 heteroatoms. The third-order valence-electron chi connectivity index (χ3n) is 11.7. The van der Waals surface area contributed by atoms with Crippen LogP contribution in [0, 0.1) is 11.8 Å². The minimum absolute atomic E-state index is 0.598. The molecule has 2 aliphatic carbocycles. The molecule has 3 aromatic heterocycles. The lowest BCUT2D eigenvalue weighted by molar-refractivity contribution is 0.667. The Morgan fingerprint density at radius 1 is 0.491 bits per heavy atom. The molecule has 0 spiro atoms. The van der Waals surface area contributed by atoms with Crippen LogP contribution in [0.2, 0.25) is 0 Å². The first-order valence-electron chi connectivity index (χ1n) is 19.6. The zero-order valence-electron chi connectivity index (χ0n) is 30.9. The highest BCUT2D eigenvalue weighted by atomic mass is 16.3. The molecule has 2 unspecified atom stereocenters. The highest BCUT2D eigenvalue weighted by Gasteiger charge is 2.35. The van der Waals surface area contributed by atoms with Crippen LogP contribution in [0.15, 0.2) is 186 Å². The number of aromatic nitrogens is 4. The maximum atomic E-state index is 6.71. The molecule has 268 valence electrons. The topological polar surface area (TPSA) is 56.7 Å². The van der Waals surface area contributed by atoms with Crippen molar-refractivity contribution in [1.82, 2.24) is 19.5 Å². The average molecular weight is 731 g/mol. The van der Waals surface area contributed by atoms with Gasteiger partial charge in [-0.05, 0) is 65.3 Å². The molecule has 0 saturated heterocycles. The van der Waals surface area contributed by atoms with E-state index in [1.165, 1.54) is 22.8 Å². The van der Waals surface area contributed by atoms with Gasteiger partial charge in [-0.2, -0.15) is 0 Å². The van der Waals surface area contributed by atoms with Gasteiger partial charge in [-0.25, -0.2) is 15.0 Å². The third kappa shape index (κ3) is 5.27. The summed E-state index contributed by atoms with van der Waals surface area (Å²) in [5, 5.41) is 4.49. The molecule has 0 amide bonds. The van der Waals surface area contributed by atoms with Gasteiger partial charge in [0.1, 0.15) is 11.2 Å². The molecule has 0 aliphatic heterocycles. The van der Waals surface area contributed by atoms with Gasteiger partial charge in [0.05, 0.1) is 11.0 Å². The maximum Gasteiger partial charge on any atom is 0.164 e. The van der Waals surface area contributed by atoms with E-state index in [4.69, 9.17) is 19.4 Å². The van der Waals surface area contributed by atoms with Gasteiger partial charge in [-0.15, -0.1) is 0 Å². The van der Waals surface area contributed by atoms with Crippen molar-refractivity contribution in [2.24, 2.45) is 11.8 Å². The third-order valence-corrected chi connectivity index (χ3v) is 11.7. The van der Waals surface area contributed by atoms with Crippen molar-refractivity contribution in [2.75, 3.05) is 0 Å². The van der Waals surface area contributed by atoms with Crippen molar-refractivity contribution in [2.45, 2.75) is 6.42 Å². The number of allylic oxidation sites excluding steroid dienone is 4. The Balaban J connectivity index is 1.05. The van der Waals surface area contributed by atoms with E-state index in [0.29, 0.717) is 29.3 Å². The molecular formula is C52H34N4O. The van der Waals surface area contributed by atoms with Crippen LogP contribution in [0.1, 0.15) is 12.0 Å². The van der Waals surface area contributed by atoms with Crippen molar-refractivity contribution < 1.29 is 4.42 Å². The van der Waals surface area contributed by atoms with Gasteiger partial charge in [0.25, 0.3) is 0 Å². The second-order valence-electron chi connectivity index (χ2n) is 15.2. The van der Waals surface area contributed by atoms with Gasteiger partial charge in [0.15, 0.2) is 17.5 Å². The number of hydrogen-bond donors (Lipinski definition) is 0. The molecule has 57 heavy (non-hydrogen) atoms. The van der Waals surface area contributed by atoms with Crippen LogP contribution in [-0.4, -0.2) is 19.5 Å². The van der Waals surface area contributed by atoms with E-state index < -0.39 is 0 Å². The Hall–Kier alpha value is -7.37. The first-order valence-corrected chi connectivity index (χ1v) is 19.6. The Kier molecular flexibility index (Phi) is 7.05. The van der Waals surface area contributed by atoms with Gasteiger partial charge in [0.2, 0.25) is 0 Å². The molecule has 2 atom stereocenters. The molecule has 7 aromatic carbocycles. The predicted molar refractivity (Wildman–Crippen MR) is 232 cm³/mol. The molecule has 0 N–H and O–H groups in total. The van der Waals surface area contributed by atoms with Crippen LogP contribution in [0.3, 0.4) is 0 Å². The maximum absolute atomic E-state index is 6.71. The van der Waals surface area contributed by atoms with Crippen LogP contribution in [0.5, 0.6) is 0 Å². The second kappa shape index (κ2) is 12.6. The summed E-state index contributed by atoms with van der Waals surface area (Å²) in [5.74, 6) is 3.14. The van der Waals surface area contributed by atoms with Crippen LogP contribution in [-0.2, 0) is 0 Å². The Labute approximate surface area is 328 Å². The summed E-state index contributed by atoms with van der Waals surface area (Å²) in [6, 6.07) is 57.3. The zero-order valence-corrected chi connectivity index (χ0v) is 30.9. The molecule has 5 nitrogen and oxygen atoms in total.